The first-order chi connectivity index (χ1) is 50.1. The molecule has 0 bridgehead atoms. The number of sulfone groups is 2. The lowest BCUT2D eigenvalue weighted by Gasteiger charge is -2.25. The molecule has 9 atom stereocenters. The normalized spacial score (nSPS) is 26.3. The van der Waals surface area contributed by atoms with Crippen molar-refractivity contribution in [3.63, 3.8) is 0 Å². The fourth-order valence-electron chi connectivity index (χ4n) is 10.5. The summed E-state index contributed by atoms with van der Waals surface area (Å²) in [6.45, 7) is 58.5. The average Bonchev–Trinajstić information content (AvgIpc) is 1.46. The van der Waals surface area contributed by atoms with Crippen molar-refractivity contribution in [3.05, 3.63) is 57.5 Å². The van der Waals surface area contributed by atoms with Crippen LogP contribution >= 0.6 is 0 Å². The lowest BCUT2D eigenvalue weighted by molar-refractivity contribution is -0.123. The summed E-state index contributed by atoms with van der Waals surface area (Å²) in [4.78, 5) is 98.7. The van der Waals surface area contributed by atoms with Crippen molar-refractivity contribution < 1.29 is 93.7 Å². The molecule has 6 amide bonds. The summed E-state index contributed by atoms with van der Waals surface area (Å²) in [6.07, 6.45) is 6.31. The molecule has 10 aliphatic heterocycles. The number of hydrogen-bond donors (Lipinski definition) is 10. The zero-order valence-electron chi connectivity index (χ0n) is 71.7. The van der Waals surface area contributed by atoms with Crippen molar-refractivity contribution in [1.82, 2.24) is 50.8 Å². The van der Waals surface area contributed by atoms with Crippen LogP contribution in [0.2, 0.25) is 0 Å². The van der Waals surface area contributed by atoms with E-state index in [1.54, 1.807) is 32.3 Å². The smallest absolute Gasteiger partial charge is 0.239 e. The number of carbonyl (C=O) groups is 9. The molecule has 10 N–H and O–H groups in total. The Hall–Kier alpha value is -5.55. The van der Waals surface area contributed by atoms with Gasteiger partial charge in [0.25, 0.3) is 0 Å². The fourth-order valence-corrected chi connectivity index (χ4v) is 21.4. The Labute approximate surface area is 682 Å². The minimum absolute atomic E-state index is 0.0162. The van der Waals surface area contributed by atoms with Crippen LogP contribution in [0.1, 0.15) is 221 Å². The van der Waals surface area contributed by atoms with Crippen LogP contribution in [0.5, 0.6) is 0 Å². The van der Waals surface area contributed by atoms with Crippen molar-refractivity contribution >= 4 is 136 Å². The average molecular weight is 1750 g/mol. The minimum atomic E-state index is -3.34. The molecular weight excluding hydrogens is 1620 g/mol. The third-order valence-corrected chi connectivity index (χ3v) is 27.5. The highest BCUT2D eigenvalue weighted by Gasteiger charge is 2.46. The van der Waals surface area contributed by atoms with Gasteiger partial charge in [0.2, 0.25) is 55.5 Å². The first-order valence-electron chi connectivity index (χ1n) is 36.5. The van der Waals surface area contributed by atoms with Gasteiger partial charge in [-0.15, -0.1) is 0 Å². The second-order valence-electron chi connectivity index (χ2n) is 38.8. The number of nitrogens with one attached hydrogen (secondary N) is 10. The highest BCUT2D eigenvalue weighted by atomic mass is 32.2. The van der Waals surface area contributed by atoms with E-state index in [0.717, 1.165) is 28.2 Å². The van der Waals surface area contributed by atoms with Crippen molar-refractivity contribution in [2.75, 3.05) is 46.0 Å². The molecule has 0 radical (unpaired) electrons. The summed E-state index contributed by atoms with van der Waals surface area (Å²) >= 11 is 0. The van der Waals surface area contributed by atoms with Gasteiger partial charge in [0.15, 0.2) is 37.0 Å². The van der Waals surface area contributed by atoms with E-state index in [4.69, 9.17) is 0 Å². The quantitative estimate of drug-likeness (QED) is 0.135. The van der Waals surface area contributed by atoms with E-state index in [-0.39, 0.29) is 148 Å². The Kier molecular flexibility index (Phi) is 37.1. The number of ketones is 3. The van der Waals surface area contributed by atoms with E-state index in [2.05, 4.69) is 92.3 Å². The predicted molar refractivity (Wildman–Crippen MR) is 447 cm³/mol. The zero-order chi connectivity index (χ0) is 89.0. The number of hydrogen-bond acceptors (Lipinski definition) is 21. The molecule has 9 unspecified atom stereocenters. The van der Waals surface area contributed by atoms with Crippen molar-refractivity contribution in [2.24, 2.45) is 54.1 Å². The van der Waals surface area contributed by atoms with Gasteiger partial charge in [0.1, 0.15) is 50.5 Å². The van der Waals surface area contributed by atoms with Crippen LogP contribution in [0, 0.1) is 54.1 Å². The van der Waals surface area contributed by atoms with Gasteiger partial charge < -0.3 is 36.6 Å². The highest BCUT2D eigenvalue weighted by Crippen LogP contribution is 2.33. The van der Waals surface area contributed by atoms with Crippen LogP contribution in [0.25, 0.3) is 0 Å². The topological polar surface area (TPSA) is 479 Å². The number of Topliss-reactive ketones (excluding diaryl/α,β-unsaturated/α-hetero) is 3. The number of amides is 6. The van der Waals surface area contributed by atoms with Crippen LogP contribution in [-0.4, -0.2) is 178 Å². The number of allylic oxidation sites excluding steroid dienone is 5. The number of sulfonamides is 2. The van der Waals surface area contributed by atoms with Gasteiger partial charge in [-0.1, -0.05) is 214 Å². The molecule has 0 aliphatic carbocycles. The molecule has 650 valence electrons. The standard InChI is InChI=1S/C8H13NO3S.C8H13NO2S.C8H13NO2.C8H13NO.2C7H13NO3S.3C7H13NO2S.C7H13NOS/c1-8(2,3)6-4-13(11,12)5-7(10)9-6;1-8(2,3)6-4-12(11)5-7(10)9-6;1-8(2,3)7-5(10)4-6(11)9-7;1-8(2,3)6-4-5-7(10)9-6;1-7(2,3)6-8-5(9)4-12(6,10)11;1-7(2,3)6-5(9)4-12(10,11)8-6;1-7(2,3)6-8-5(9)4-11(6)10;1-7(2,3)6-5(9)4-11(10)8-6;1-7(2,3)6-4-5-11(9,10)8-6;1-7(2,3)6-4-5-10(9)8-6/h4H,5H2,1-3H3,(H,9,10);4H,5H2,1-3H3,(H,9,10);7H,4H2,1-3H3,(H,9,11);4H,5H2,1-3H3,(H,9,10);6H,4H2,1-3H3,(H,8,9);6,8H,4H2,1-3H3;6H,4H2,1-3H3,(H,8,9);6,8H,4H2,1-3H3;4,8H,5H2,1-3H3;4,8H,5H2,1-3H3. The third kappa shape index (κ3) is 38.2. The van der Waals surface area contributed by atoms with Gasteiger partial charge in [-0.25, -0.2) is 51.5 Å². The summed E-state index contributed by atoms with van der Waals surface area (Å²) in [7, 11) is -17.1. The molecule has 113 heavy (non-hydrogen) atoms. The summed E-state index contributed by atoms with van der Waals surface area (Å²) in [5, 5.41) is 17.8. The third-order valence-electron chi connectivity index (χ3n) is 16.7. The Morgan fingerprint density at radius 2 is 0.858 bits per heavy atom. The molecule has 0 saturated carbocycles. The molecule has 0 spiro atoms. The Bertz CT molecular complexity index is 4140. The SMILES string of the molecule is CC(C)(C)C1=CCC(=O)N1.CC(C)(C)C1=CCS(=O)(=O)N1.CC(C)(C)C1=CCS(=O)N1.CC(C)(C)C1=CS(=O)(=O)CC(=O)N1.CC(C)(C)C1=CS(=O)CC(=O)N1.CC(C)(C)C1NC(=O)CC1=O.CC(C)(C)C1NC(=O)CS1(=O)=O.CC(C)(C)C1NC(=O)CS1=O.CC(C)(C)C1NS(=O)(=O)CC1=O.CC(C)(C)C1NS(=O)CC1=O. The minimum Gasteiger partial charge on any atom is -0.345 e. The maximum atomic E-state index is 11.3. The maximum absolute atomic E-state index is 11.3. The summed E-state index contributed by atoms with van der Waals surface area (Å²) in [5.74, 6) is -1.22. The van der Waals surface area contributed by atoms with E-state index in [1.165, 1.54) is 0 Å². The molecule has 31 nitrogen and oxygen atoms in total. The van der Waals surface area contributed by atoms with E-state index < -0.39 is 118 Å². The predicted octanol–water partition coefficient (Wildman–Crippen LogP) is 5.41. The van der Waals surface area contributed by atoms with Crippen molar-refractivity contribution in [3.8, 4) is 0 Å². The van der Waals surface area contributed by atoms with Crippen molar-refractivity contribution in [1.29, 1.82) is 0 Å². The summed E-state index contributed by atoms with van der Waals surface area (Å²) < 4.78 is 143. The van der Waals surface area contributed by atoms with Gasteiger partial charge in [0.05, 0.1) is 79.8 Å². The Balaban J connectivity index is 0.000000628. The first kappa shape index (κ1) is 105. The summed E-state index contributed by atoms with van der Waals surface area (Å²) in [5.41, 5.74) is 2.69. The zero-order valence-corrected chi connectivity index (χ0v) is 78.2. The molecule has 10 rings (SSSR count). The molecule has 10 aliphatic rings. The van der Waals surface area contributed by atoms with Crippen LogP contribution in [-0.2, 0) is 126 Å². The molecule has 10 heterocycles. The van der Waals surface area contributed by atoms with Crippen LogP contribution in [0.4, 0.5) is 0 Å². The van der Waals surface area contributed by atoms with Crippen LogP contribution < -0.4 is 50.8 Å². The largest absolute Gasteiger partial charge is 0.345 e. The first-order valence-corrected chi connectivity index (χ1v) is 48.6. The highest BCUT2D eigenvalue weighted by molar-refractivity contribution is 7.95. The second kappa shape index (κ2) is 39.8. The van der Waals surface area contributed by atoms with Crippen LogP contribution in [0.15, 0.2) is 57.5 Å². The van der Waals surface area contributed by atoms with E-state index in [9.17, 15) is 93.7 Å². The number of carbonyl (C=O) groups excluding carboxylic acids is 9. The van der Waals surface area contributed by atoms with Gasteiger partial charge in [-0.3, -0.25) is 56.3 Å². The molecular formula is C74H130N10O21S8. The van der Waals surface area contributed by atoms with Gasteiger partial charge in [-0.2, -0.15) is 0 Å². The van der Waals surface area contributed by atoms with Crippen LogP contribution in [0.3, 0.4) is 0 Å². The van der Waals surface area contributed by atoms with E-state index in [0.29, 0.717) is 17.9 Å². The fraction of sp³-hybridized carbons (Fsp3) is 0.743. The Morgan fingerprint density at radius 1 is 0.381 bits per heavy atom. The number of rotatable bonds is 0. The lowest BCUT2D eigenvalue weighted by atomic mass is 9.85. The molecule has 0 aromatic carbocycles. The van der Waals surface area contributed by atoms with Gasteiger partial charge in [-0.05, 0) is 39.2 Å². The molecule has 0 aromatic rings. The molecule has 0 aromatic heterocycles. The van der Waals surface area contributed by atoms with E-state index >= 15 is 0 Å². The summed E-state index contributed by atoms with van der Waals surface area (Å²) in [6, 6.07) is -1.07. The van der Waals surface area contributed by atoms with E-state index in [1.807, 2.05) is 158 Å². The lowest BCUT2D eigenvalue weighted by Crippen LogP contribution is -2.40. The molecule has 5 fully saturated rings. The Morgan fingerprint density at radius 3 is 1.09 bits per heavy atom. The second-order valence-corrected chi connectivity index (χ2v) is 51.5. The maximum Gasteiger partial charge on any atom is 0.239 e. The monoisotopic (exact) mass is 1750 g/mol. The molecule has 5 saturated heterocycles. The molecule has 39 heteroatoms. The van der Waals surface area contributed by atoms with Crippen molar-refractivity contribution in [2.45, 2.75) is 249 Å². The van der Waals surface area contributed by atoms with Gasteiger partial charge >= 0.3 is 0 Å². The van der Waals surface area contributed by atoms with Gasteiger partial charge in [0, 0.05) is 67.4 Å².